The molecule has 124 valence electrons. The number of aromatic nitrogens is 4. The Balaban J connectivity index is 1.73. The zero-order chi connectivity index (χ0) is 16.1. The fourth-order valence-electron chi connectivity index (χ4n) is 3.24. The van der Waals surface area contributed by atoms with E-state index >= 15 is 0 Å². The molecule has 1 atom stereocenters. The van der Waals surface area contributed by atoms with E-state index in [1.165, 1.54) is 18.4 Å². The monoisotopic (exact) mass is 315 g/mol. The second kappa shape index (κ2) is 7.55. The van der Waals surface area contributed by atoms with Gasteiger partial charge < -0.3 is 4.74 Å². The maximum atomic E-state index is 5.36. The summed E-state index contributed by atoms with van der Waals surface area (Å²) in [5, 5.41) is 12.2. The van der Waals surface area contributed by atoms with E-state index in [-0.39, 0.29) is 0 Å². The number of likely N-dealkylation sites (tertiary alicyclic amines) is 1. The number of aryl methyl sites for hydroxylation is 1. The van der Waals surface area contributed by atoms with E-state index in [2.05, 4.69) is 45.5 Å². The van der Waals surface area contributed by atoms with Gasteiger partial charge in [0, 0.05) is 12.6 Å². The van der Waals surface area contributed by atoms with E-state index in [0.29, 0.717) is 6.04 Å². The lowest BCUT2D eigenvalue weighted by Crippen LogP contribution is -2.25. The molecule has 6 heteroatoms. The summed E-state index contributed by atoms with van der Waals surface area (Å²) in [6.45, 7) is 4.97. The SMILES string of the molecule is CCCCn1nnnc1CN1CCCC1c1cccc(OC)c1. The van der Waals surface area contributed by atoms with Crippen LogP contribution in [0, 0.1) is 0 Å². The van der Waals surface area contributed by atoms with Crippen LogP contribution in [0.4, 0.5) is 0 Å². The van der Waals surface area contributed by atoms with Gasteiger partial charge in [-0.25, -0.2) is 4.68 Å². The van der Waals surface area contributed by atoms with Crippen LogP contribution < -0.4 is 4.74 Å². The molecule has 1 fully saturated rings. The van der Waals surface area contributed by atoms with Crippen molar-refractivity contribution in [1.82, 2.24) is 25.1 Å². The highest BCUT2D eigenvalue weighted by Crippen LogP contribution is 2.34. The number of unbranched alkanes of at least 4 members (excludes halogenated alkanes) is 1. The summed E-state index contributed by atoms with van der Waals surface area (Å²) in [6.07, 6.45) is 4.63. The fraction of sp³-hybridized carbons (Fsp3) is 0.588. The number of ether oxygens (including phenoxy) is 1. The third-order valence-electron chi connectivity index (χ3n) is 4.52. The second-order valence-corrected chi connectivity index (χ2v) is 6.08. The van der Waals surface area contributed by atoms with Crippen LogP contribution in [-0.2, 0) is 13.1 Å². The van der Waals surface area contributed by atoms with Crippen molar-refractivity contribution < 1.29 is 4.74 Å². The van der Waals surface area contributed by atoms with Gasteiger partial charge in [-0.2, -0.15) is 0 Å². The number of hydrogen-bond acceptors (Lipinski definition) is 5. The molecule has 23 heavy (non-hydrogen) atoms. The van der Waals surface area contributed by atoms with Gasteiger partial charge >= 0.3 is 0 Å². The molecule has 1 saturated heterocycles. The molecule has 0 saturated carbocycles. The highest BCUT2D eigenvalue weighted by molar-refractivity contribution is 5.31. The van der Waals surface area contributed by atoms with Crippen molar-refractivity contribution in [3.63, 3.8) is 0 Å². The van der Waals surface area contributed by atoms with Crippen LogP contribution in [0.2, 0.25) is 0 Å². The number of hydrogen-bond donors (Lipinski definition) is 0. The van der Waals surface area contributed by atoms with Crippen molar-refractivity contribution in [3.05, 3.63) is 35.7 Å². The maximum Gasteiger partial charge on any atom is 0.165 e. The first-order valence-electron chi connectivity index (χ1n) is 8.45. The molecule has 1 aromatic heterocycles. The Kier molecular flexibility index (Phi) is 5.23. The number of methoxy groups -OCH3 is 1. The Morgan fingerprint density at radius 3 is 3.09 bits per heavy atom. The van der Waals surface area contributed by atoms with E-state index in [0.717, 1.165) is 44.0 Å². The zero-order valence-corrected chi connectivity index (χ0v) is 14.0. The third-order valence-corrected chi connectivity index (χ3v) is 4.52. The van der Waals surface area contributed by atoms with Gasteiger partial charge in [0.05, 0.1) is 13.7 Å². The van der Waals surface area contributed by atoms with Gasteiger partial charge in [0.1, 0.15) is 5.75 Å². The minimum Gasteiger partial charge on any atom is -0.497 e. The first-order valence-corrected chi connectivity index (χ1v) is 8.45. The Morgan fingerprint density at radius 1 is 1.35 bits per heavy atom. The van der Waals surface area contributed by atoms with Crippen molar-refractivity contribution in [2.24, 2.45) is 0 Å². The average molecular weight is 315 g/mol. The van der Waals surface area contributed by atoms with Gasteiger partial charge in [-0.05, 0) is 53.9 Å². The van der Waals surface area contributed by atoms with Crippen LogP contribution in [-0.4, -0.2) is 38.8 Å². The van der Waals surface area contributed by atoms with Gasteiger partial charge in [0.2, 0.25) is 0 Å². The van der Waals surface area contributed by atoms with E-state index in [4.69, 9.17) is 4.74 Å². The van der Waals surface area contributed by atoms with Gasteiger partial charge in [-0.3, -0.25) is 4.90 Å². The van der Waals surface area contributed by atoms with E-state index in [1.54, 1.807) is 7.11 Å². The van der Waals surface area contributed by atoms with Crippen LogP contribution >= 0.6 is 0 Å². The van der Waals surface area contributed by atoms with E-state index in [9.17, 15) is 0 Å². The van der Waals surface area contributed by atoms with Crippen LogP contribution in [0.5, 0.6) is 5.75 Å². The van der Waals surface area contributed by atoms with Crippen molar-refractivity contribution in [2.75, 3.05) is 13.7 Å². The lowest BCUT2D eigenvalue weighted by molar-refractivity contribution is 0.236. The summed E-state index contributed by atoms with van der Waals surface area (Å²) in [6, 6.07) is 8.81. The van der Waals surface area contributed by atoms with Crippen molar-refractivity contribution in [2.45, 2.75) is 51.7 Å². The lowest BCUT2D eigenvalue weighted by atomic mass is 10.0. The quantitative estimate of drug-likeness (QED) is 0.786. The van der Waals surface area contributed by atoms with E-state index in [1.807, 2.05) is 10.7 Å². The summed E-state index contributed by atoms with van der Waals surface area (Å²) in [5.41, 5.74) is 1.31. The topological polar surface area (TPSA) is 56.1 Å². The summed E-state index contributed by atoms with van der Waals surface area (Å²) >= 11 is 0. The van der Waals surface area contributed by atoms with Gasteiger partial charge in [-0.1, -0.05) is 25.5 Å². The van der Waals surface area contributed by atoms with Gasteiger partial charge in [-0.15, -0.1) is 5.10 Å². The molecule has 0 amide bonds. The molecule has 2 heterocycles. The molecule has 1 unspecified atom stereocenters. The summed E-state index contributed by atoms with van der Waals surface area (Å²) in [7, 11) is 1.72. The normalized spacial score (nSPS) is 18.4. The van der Waals surface area contributed by atoms with Crippen molar-refractivity contribution in [1.29, 1.82) is 0 Å². The molecular weight excluding hydrogens is 290 g/mol. The minimum atomic E-state index is 0.418. The Labute approximate surface area is 137 Å². The first-order chi connectivity index (χ1) is 11.3. The predicted octanol–water partition coefficient (Wildman–Crippen LogP) is 2.82. The first kappa shape index (κ1) is 15.9. The molecule has 0 N–H and O–H groups in total. The molecule has 1 aliphatic heterocycles. The Bertz CT molecular complexity index is 627. The van der Waals surface area contributed by atoms with E-state index < -0.39 is 0 Å². The number of nitrogens with zero attached hydrogens (tertiary/aromatic N) is 5. The minimum absolute atomic E-state index is 0.418. The van der Waals surface area contributed by atoms with Crippen LogP contribution in [0.3, 0.4) is 0 Å². The van der Waals surface area contributed by atoms with Gasteiger partial charge in [0.25, 0.3) is 0 Å². The Hall–Kier alpha value is -1.95. The predicted molar refractivity (Wildman–Crippen MR) is 88.1 cm³/mol. The summed E-state index contributed by atoms with van der Waals surface area (Å²) < 4.78 is 7.31. The number of rotatable bonds is 7. The molecule has 0 bridgehead atoms. The summed E-state index contributed by atoms with van der Waals surface area (Å²) in [5.74, 6) is 1.88. The Morgan fingerprint density at radius 2 is 2.26 bits per heavy atom. The molecule has 1 aliphatic rings. The molecule has 2 aromatic rings. The third kappa shape index (κ3) is 3.69. The lowest BCUT2D eigenvalue weighted by Gasteiger charge is -2.24. The van der Waals surface area contributed by atoms with Crippen LogP contribution in [0.25, 0.3) is 0 Å². The number of benzene rings is 1. The highest BCUT2D eigenvalue weighted by atomic mass is 16.5. The molecule has 0 aliphatic carbocycles. The fourth-order valence-corrected chi connectivity index (χ4v) is 3.24. The molecule has 3 rings (SSSR count). The summed E-state index contributed by atoms with van der Waals surface area (Å²) in [4.78, 5) is 2.48. The largest absolute Gasteiger partial charge is 0.497 e. The number of tetrazole rings is 1. The second-order valence-electron chi connectivity index (χ2n) is 6.08. The smallest absolute Gasteiger partial charge is 0.165 e. The molecule has 1 aromatic carbocycles. The van der Waals surface area contributed by atoms with Crippen LogP contribution in [0.1, 0.15) is 50.0 Å². The molecular formula is C17H25N5O. The average Bonchev–Trinajstić information content (AvgIpc) is 3.23. The van der Waals surface area contributed by atoms with Crippen molar-refractivity contribution >= 4 is 0 Å². The maximum absolute atomic E-state index is 5.36. The molecule has 0 spiro atoms. The van der Waals surface area contributed by atoms with Crippen LogP contribution in [0.15, 0.2) is 24.3 Å². The van der Waals surface area contributed by atoms with Gasteiger partial charge in [0.15, 0.2) is 5.82 Å². The molecule has 0 radical (unpaired) electrons. The molecule has 6 nitrogen and oxygen atoms in total. The standard InChI is InChI=1S/C17H25N5O/c1-3-4-11-22-17(18-19-20-22)13-21-10-6-9-16(21)14-7-5-8-15(12-14)23-2/h5,7-8,12,16H,3-4,6,9-11,13H2,1-2H3. The highest BCUT2D eigenvalue weighted by Gasteiger charge is 2.27. The van der Waals surface area contributed by atoms with Crippen molar-refractivity contribution in [3.8, 4) is 5.75 Å². The zero-order valence-electron chi connectivity index (χ0n) is 14.0.